The van der Waals surface area contributed by atoms with E-state index in [-0.39, 0.29) is 11.8 Å². The van der Waals surface area contributed by atoms with Crippen LogP contribution >= 0.6 is 11.6 Å². The summed E-state index contributed by atoms with van der Waals surface area (Å²) in [6, 6.07) is 12.5. The third-order valence-corrected chi connectivity index (χ3v) is 5.57. The number of carbonyl (C=O) groups excluding carboxylic acids is 2. The van der Waals surface area contributed by atoms with Crippen molar-refractivity contribution in [2.75, 3.05) is 26.0 Å². The number of nitrogens with zero attached hydrogens (tertiary/aromatic N) is 3. The summed E-state index contributed by atoms with van der Waals surface area (Å²) in [6.45, 7) is 2.80. The maximum atomic E-state index is 12.8. The number of hydrogen-bond acceptors (Lipinski definition) is 6. The number of methoxy groups -OCH3 is 1. The van der Waals surface area contributed by atoms with Crippen molar-refractivity contribution >= 4 is 34.8 Å². The first-order valence-electron chi connectivity index (χ1n) is 10.5. The molecule has 170 valence electrons. The lowest BCUT2D eigenvalue weighted by molar-refractivity contribution is 0.0816. The summed E-state index contributed by atoms with van der Waals surface area (Å²) < 4.78 is 5.44. The Morgan fingerprint density at radius 1 is 1.15 bits per heavy atom. The van der Waals surface area contributed by atoms with Gasteiger partial charge in [-0.2, -0.15) is 0 Å². The predicted molar refractivity (Wildman–Crippen MR) is 126 cm³/mol. The number of benzene rings is 1. The highest BCUT2D eigenvalue weighted by molar-refractivity contribution is 6.32. The lowest BCUT2D eigenvalue weighted by atomic mass is 10.1. The lowest BCUT2D eigenvalue weighted by Crippen LogP contribution is -2.24. The highest BCUT2D eigenvalue weighted by Gasteiger charge is 2.30. The second-order valence-electron chi connectivity index (χ2n) is 7.64. The van der Waals surface area contributed by atoms with E-state index in [0.717, 1.165) is 5.69 Å². The molecule has 2 aromatic heterocycles. The number of fused-ring (bicyclic) bond motifs is 1. The molecule has 2 N–H and O–H groups in total. The topological polar surface area (TPSA) is 96.5 Å². The van der Waals surface area contributed by atoms with Crippen molar-refractivity contribution in [2.24, 2.45) is 0 Å². The smallest absolute Gasteiger partial charge is 0.269 e. The van der Waals surface area contributed by atoms with E-state index in [1.807, 2.05) is 25.1 Å². The van der Waals surface area contributed by atoms with Crippen LogP contribution in [0.15, 0.2) is 42.5 Å². The van der Waals surface area contributed by atoms with E-state index < -0.39 is 0 Å². The summed E-state index contributed by atoms with van der Waals surface area (Å²) in [5.41, 5.74) is 4.24. The second-order valence-corrected chi connectivity index (χ2v) is 8.05. The Balaban J connectivity index is 1.71. The van der Waals surface area contributed by atoms with Crippen molar-refractivity contribution in [1.82, 2.24) is 20.2 Å². The maximum Gasteiger partial charge on any atom is 0.269 e. The van der Waals surface area contributed by atoms with Crippen molar-refractivity contribution in [2.45, 2.75) is 19.9 Å². The SMILES string of the molecule is CCNC(=O)c1cccc(Cc2cc(Nc3cccc(Cl)c3OC)c3c(n2)CN(C)C3=O)n1. The average Bonchev–Trinajstić information content (AvgIpc) is 3.08. The van der Waals surface area contributed by atoms with Gasteiger partial charge in [-0.25, -0.2) is 4.98 Å². The summed E-state index contributed by atoms with van der Waals surface area (Å²) in [5.74, 6) is 0.161. The Morgan fingerprint density at radius 3 is 2.70 bits per heavy atom. The molecule has 0 fully saturated rings. The van der Waals surface area contributed by atoms with Gasteiger partial charge in [-0.3, -0.25) is 14.6 Å². The van der Waals surface area contributed by atoms with Crippen molar-refractivity contribution in [1.29, 1.82) is 0 Å². The molecule has 1 aromatic carbocycles. The van der Waals surface area contributed by atoms with Crippen LogP contribution in [0.5, 0.6) is 5.75 Å². The van der Waals surface area contributed by atoms with E-state index in [1.54, 1.807) is 43.3 Å². The molecule has 0 aliphatic carbocycles. The van der Waals surface area contributed by atoms with Gasteiger partial charge in [0.25, 0.3) is 11.8 Å². The molecule has 4 rings (SSSR count). The Hall–Kier alpha value is -3.65. The Labute approximate surface area is 196 Å². The van der Waals surface area contributed by atoms with E-state index in [9.17, 15) is 9.59 Å². The van der Waals surface area contributed by atoms with E-state index in [1.165, 1.54) is 0 Å². The van der Waals surface area contributed by atoms with Gasteiger partial charge in [0.1, 0.15) is 5.69 Å². The highest BCUT2D eigenvalue weighted by atomic mass is 35.5. The highest BCUT2D eigenvalue weighted by Crippen LogP contribution is 2.37. The zero-order chi connectivity index (χ0) is 23.5. The number of ether oxygens (including phenoxy) is 1. The van der Waals surface area contributed by atoms with E-state index >= 15 is 0 Å². The van der Waals surface area contributed by atoms with Crippen LogP contribution in [0.1, 0.15) is 44.9 Å². The number of carbonyl (C=O) groups is 2. The molecule has 1 aliphatic rings. The van der Waals surface area contributed by atoms with Gasteiger partial charge < -0.3 is 20.3 Å². The zero-order valence-corrected chi connectivity index (χ0v) is 19.4. The lowest BCUT2D eigenvalue weighted by Gasteiger charge is -2.15. The minimum Gasteiger partial charge on any atom is -0.493 e. The van der Waals surface area contributed by atoms with E-state index in [4.69, 9.17) is 21.3 Å². The molecule has 0 radical (unpaired) electrons. The van der Waals surface area contributed by atoms with Crippen LogP contribution in [-0.4, -0.2) is 47.4 Å². The maximum absolute atomic E-state index is 12.8. The number of halogens is 1. The first-order chi connectivity index (χ1) is 15.9. The number of aromatic nitrogens is 2. The molecule has 2 amide bonds. The molecule has 33 heavy (non-hydrogen) atoms. The molecule has 1 aliphatic heterocycles. The number of pyridine rings is 2. The molecular weight excluding hydrogens is 442 g/mol. The standard InChI is InChI=1S/C24H24ClN5O3/c1-4-26-23(31)18-10-5-7-14(27-18)11-15-12-19(21-20(28-15)13-30(2)24(21)32)29-17-9-6-8-16(25)22(17)33-3/h5-10,12H,4,11,13H2,1-3H3,(H,26,31)(H,28,29). The largest absolute Gasteiger partial charge is 0.493 e. The molecule has 3 heterocycles. The van der Waals surface area contributed by atoms with Crippen LogP contribution in [0.25, 0.3) is 0 Å². The van der Waals surface area contributed by atoms with Gasteiger partial charge in [-0.1, -0.05) is 23.7 Å². The second kappa shape index (κ2) is 9.46. The van der Waals surface area contributed by atoms with Gasteiger partial charge in [-0.05, 0) is 37.3 Å². The zero-order valence-electron chi connectivity index (χ0n) is 18.6. The van der Waals surface area contributed by atoms with Crippen molar-refractivity contribution in [3.63, 3.8) is 0 Å². The summed E-state index contributed by atoms with van der Waals surface area (Å²) in [6.07, 6.45) is 0.403. The first-order valence-corrected chi connectivity index (χ1v) is 10.9. The van der Waals surface area contributed by atoms with Crippen LogP contribution in [0, 0.1) is 0 Å². The number of rotatable bonds is 7. The van der Waals surface area contributed by atoms with E-state index in [2.05, 4.69) is 15.6 Å². The molecule has 9 heteroatoms. The molecule has 8 nitrogen and oxygen atoms in total. The minimum absolute atomic E-state index is 0.107. The van der Waals surface area contributed by atoms with Crippen LogP contribution in [0.4, 0.5) is 11.4 Å². The molecule has 0 saturated heterocycles. The fourth-order valence-corrected chi connectivity index (χ4v) is 4.04. The number of anilines is 2. The molecule has 0 atom stereocenters. The first kappa shape index (κ1) is 22.5. The van der Waals surface area contributed by atoms with Gasteiger partial charge >= 0.3 is 0 Å². The Morgan fingerprint density at radius 2 is 1.94 bits per heavy atom. The van der Waals surface area contributed by atoms with Crippen LogP contribution < -0.4 is 15.4 Å². The van der Waals surface area contributed by atoms with Gasteiger partial charge in [0.2, 0.25) is 0 Å². The monoisotopic (exact) mass is 465 g/mol. The fraction of sp³-hybridized carbons (Fsp3) is 0.250. The Kier molecular flexibility index (Phi) is 6.46. The van der Waals surface area contributed by atoms with Gasteiger partial charge in [0.15, 0.2) is 5.75 Å². The molecular formula is C24H24ClN5O3. The molecule has 0 saturated carbocycles. The predicted octanol–water partition coefficient (Wildman–Crippen LogP) is 3.81. The molecule has 0 spiro atoms. The van der Waals surface area contributed by atoms with Crippen LogP contribution in [0.2, 0.25) is 5.02 Å². The van der Waals surface area contributed by atoms with Crippen molar-refractivity contribution < 1.29 is 14.3 Å². The molecule has 3 aromatic rings. The summed E-state index contributed by atoms with van der Waals surface area (Å²) >= 11 is 6.27. The number of hydrogen-bond donors (Lipinski definition) is 2. The van der Waals surface area contributed by atoms with Crippen LogP contribution in [-0.2, 0) is 13.0 Å². The number of nitrogens with one attached hydrogen (secondary N) is 2. The van der Waals surface area contributed by atoms with Gasteiger partial charge in [0.05, 0.1) is 41.3 Å². The van der Waals surface area contributed by atoms with Gasteiger partial charge in [-0.15, -0.1) is 0 Å². The third-order valence-electron chi connectivity index (χ3n) is 5.27. The fourth-order valence-electron chi connectivity index (χ4n) is 3.79. The summed E-state index contributed by atoms with van der Waals surface area (Å²) in [7, 11) is 3.28. The number of amides is 2. The molecule has 0 unspecified atom stereocenters. The van der Waals surface area contributed by atoms with Gasteiger partial charge in [0, 0.05) is 31.4 Å². The number of para-hydroxylation sites is 1. The van der Waals surface area contributed by atoms with Crippen LogP contribution in [0.3, 0.4) is 0 Å². The minimum atomic E-state index is -0.219. The van der Waals surface area contributed by atoms with E-state index in [0.29, 0.717) is 64.3 Å². The summed E-state index contributed by atoms with van der Waals surface area (Å²) in [4.78, 5) is 35.8. The summed E-state index contributed by atoms with van der Waals surface area (Å²) in [5, 5.41) is 6.52. The third kappa shape index (κ3) is 4.61. The quantitative estimate of drug-likeness (QED) is 0.550. The van der Waals surface area contributed by atoms with Crippen molar-refractivity contribution in [3.8, 4) is 5.75 Å². The Bertz CT molecular complexity index is 1230. The molecule has 0 bridgehead atoms. The van der Waals surface area contributed by atoms with Crippen molar-refractivity contribution in [3.05, 3.63) is 75.8 Å². The normalized spacial score (nSPS) is 12.5. The average molecular weight is 466 g/mol.